The Morgan fingerprint density at radius 3 is 2.73 bits per heavy atom. The number of hydrogen-bond acceptors (Lipinski definition) is 3. The molecule has 0 amide bonds. The van der Waals surface area contributed by atoms with Gasteiger partial charge in [0.05, 0.1) is 0 Å². The van der Waals surface area contributed by atoms with Crippen LogP contribution in [0.4, 0.5) is 0 Å². The molecule has 4 rings (SSSR count). The van der Waals surface area contributed by atoms with E-state index in [0.29, 0.717) is 12.6 Å². The zero-order valence-corrected chi connectivity index (χ0v) is 20.1. The molecule has 0 atom stereocenters. The summed E-state index contributed by atoms with van der Waals surface area (Å²) in [6.45, 7) is 3.30. The highest BCUT2D eigenvalue weighted by Gasteiger charge is 2.15. The first-order chi connectivity index (χ1) is 14.2. The maximum atomic E-state index is 4.80. The summed E-state index contributed by atoms with van der Waals surface area (Å²) in [4.78, 5) is 8.29. The van der Waals surface area contributed by atoms with E-state index in [-0.39, 0.29) is 24.0 Å². The first-order valence-corrected chi connectivity index (χ1v) is 10.7. The van der Waals surface area contributed by atoms with E-state index in [9.17, 15) is 0 Å². The topological polar surface area (TPSA) is 82.9 Å². The van der Waals surface area contributed by atoms with Gasteiger partial charge in [0.1, 0.15) is 12.4 Å². The Balaban J connectivity index is 0.00000256. The average Bonchev–Trinajstić information content (AvgIpc) is 3.30. The summed E-state index contributed by atoms with van der Waals surface area (Å²) < 4.78 is 1.99. The maximum Gasteiger partial charge on any atom is 0.191 e. The van der Waals surface area contributed by atoms with Crippen molar-refractivity contribution in [1.29, 1.82) is 0 Å². The molecule has 7 nitrogen and oxygen atoms in total. The average molecular weight is 521 g/mol. The Labute approximate surface area is 195 Å². The van der Waals surface area contributed by atoms with Crippen molar-refractivity contribution >= 4 is 40.8 Å². The number of rotatable bonds is 6. The molecule has 3 aromatic rings. The van der Waals surface area contributed by atoms with Gasteiger partial charge in [-0.15, -0.1) is 34.2 Å². The maximum absolute atomic E-state index is 4.80. The highest BCUT2D eigenvalue weighted by atomic mass is 127. The van der Waals surface area contributed by atoms with E-state index in [1.807, 2.05) is 18.5 Å². The fraction of sp³-hybridized carbons (Fsp3) is 0.500. The zero-order valence-electron chi connectivity index (χ0n) is 17.8. The molecule has 0 unspecified atom stereocenters. The molecule has 1 aromatic carbocycles. The van der Waals surface area contributed by atoms with Gasteiger partial charge in [-0.1, -0.05) is 37.5 Å². The lowest BCUT2D eigenvalue weighted by atomic mass is 9.96. The molecule has 1 aliphatic carbocycles. The van der Waals surface area contributed by atoms with Gasteiger partial charge in [0.15, 0.2) is 11.8 Å². The van der Waals surface area contributed by atoms with Crippen LogP contribution in [-0.4, -0.2) is 38.3 Å². The summed E-state index contributed by atoms with van der Waals surface area (Å²) in [5.74, 6) is 2.65. The summed E-state index contributed by atoms with van der Waals surface area (Å²) >= 11 is 0. The van der Waals surface area contributed by atoms with Crippen molar-refractivity contribution in [1.82, 2.24) is 30.4 Å². The van der Waals surface area contributed by atoms with Crippen molar-refractivity contribution < 1.29 is 0 Å². The third-order valence-electron chi connectivity index (χ3n) is 5.78. The van der Waals surface area contributed by atoms with E-state index in [4.69, 9.17) is 4.99 Å². The third-order valence-corrected chi connectivity index (χ3v) is 5.78. The van der Waals surface area contributed by atoms with E-state index in [0.717, 1.165) is 30.6 Å². The van der Waals surface area contributed by atoms with Gasteiger partial charge in [-0.2, -0.15) is 0 Å². The van der Waals surface area contributed by atoms with Crippen LogP contribution in [0.1, 0.15) is 49.4 Å². The number of hydrogen-bond donors (Lipinski definition) is 3. The molecule has 1 saturated carbocycles. The van der Waals surface area contributed by atoms with Crippen LogP contribution in [0.5, 0.6) is 0 Å². The van der Waals surface area contributed by atoms with Crippen molar-refractivity contribution in [3.05, 3.63) is 47.7 Å². The minimum atomic E-state index is 0. The molecule has 30 heavy (non-hydrogen) atoms. The highest BCUT2D eigenvalue weighted by molar-refractivity contribution is 14.0. The third kappa shape index (κ3) is 5.74. The molecule has 1 aliphatic rings. The summed E-state index contributed by atoms with van der Waals surface area (Å²) in [5.41, 5.74) is 2.43. The molecule has 2 aromatic heterocycles. The summed E-state index contributed by atoms with van der Waals surface area (Å²) in [6, 6.07) is 11.1. The monoisotopic (exact) mass is 521 g/mol. The molecule has 2 heterocycles. The predicted molar refractivity (Wildman–Crippen MR) is 132 cm³/mol. The molecule has 0 spiro atoms. The molecule has 0 aliphatic heterocycles. The molecule has 0 saturated heterocycles. The number of aromatic amines is 1. The van der Waals surface area contributed by atoms with Crippen molar-refractivity contribution in [2.75, 3.05) is 6.54 Å². The first-order valence-electron chi connectivity index (χ1n) is 10.7. The van der Waals surface area contributed by atoms with Gasteiger partial charge in [0.25, 0.3) is 0 Å². The Hall–Kier alpha value is -2.10. The normalized spacial score (nSPS) is 15.2. The smallest absolute Gasteiger partial charge is 0.191 e. The second kappa shape index (κ2) is 10.8. The number of guanidine groups is 1. The van der Waals surface area contributed by atoms with Crippen LogP contribution in [0.2, 0.25) is 0 Å². The minimum Gasteiger partial charge on any atom is -0.358 e. The van der Waals surface area contributed by atoms with Crippen LogP contribution in [0.15, 0.2) is 35.3 Å². The molecule has 8 heteroatoms. The Morgan fingerprint density at radius 1 is 1.20 bits per heavy atom. The number of nitrogens with one attached hydrogen (secondary N) is 3. The Bertz CT molecular complexity index is 936. The van der Waals surface area contributed by atoms with Crippen LogP contribution < -0.4 is 10.6 Å². The summed E-state index contributed by atoms with van der Waals surface area (Å²) in [7, 11) is 1.98. The SMILES string of the molecule is Cc1nnc(CN=C(NCCc2cc3ccccc3[nH]2)NC2CCCCC2)n1C.I. The van der Waals surface area contributed by atoms with E-state index in [2.05, 4.69) is 56.1 Å². The van der Waals surface area contributed by atoms with Gasteiger partial charge in [0.2, 0.25) is 0 Å². The second-order valence-corrected chi connectivity index (χ2v) is 7.93. The van der Waals surface area contributed by atoms with Crippen LogP contribution in [-0.2, 0) is 20.0 Å². The van der Waals surface area contributed by atoms with Gasteiger partial charge in [-0.25, -0.2) is 4.99 Å². The van der Waals surface area contributed by atoms with E-state index >= 15 is 0 Å². The Kier molecular flexibility index (Phi) is 8.12. The van der Waals surface area contributed by atoms with E-state index < -0.39 is 0 Å². The largest absolute Gasteiger partial charge is 0.358 e. The Morgan fingerprint density at radius 2 is 2.00 bits per heavy atom. The molecular weight excluding hydrogens is 489 g/mol. The van der Waals surface area contributed by atoms with Crippen molar-refractivity contribution in [2.45, 2.75) is 58.0 Å². The van der Waals surface area contributed by atoms with Gasteiger partial charge >= 0.3 is 0 Å². The molecule has 0 bridgehead atoms. The van der Waals surface area contributed by atoms with Gasteiger partial charge in [-0.3, -0.25) is 0 Å². The van der Waals surface area contributed by atoms with Crippen molar-refractivity contribution in [2.24, 2.45) is 12.0 Å². The molecule has 0 radical (unpaired) electrons. The minimum absolute atomic E-state index is 0. The van der Waals surface area contributed by atoms with Crippen molar-refractivity contribution in [3.63, 3.8) is 0 Å². The lowest BCUT2D eigenvalue weighted by Gasteiger charge is -2.25. The predicted octanol–water partition coefficient (Wildman–Crippen LogP) is 3.83. The lowest BCUT2D eigenvalue weighted by molar-refractivity contribution is 0.409. The summed E-state index contributed by atoms with van der Waals surface area (Å²) in [6.07, 6.45) is 7.28. The zero-order chi connectivity index (χ0) is 20.1. The second-order valence-electron chi connectivity index (χ2n) is 7.93. The van der Waals surface area contributed by atoms with E-state index in [1.54, 1.807) is 0 Å². The molecule has 3 N–H and O–H groups in total. The number of para-hydroxylation sites is 1. The van der Waals surface area contributed by atoms with Crippen LogP contribution >= 0.6 is 24.0 Å². The first kappa shape index (κ1) is 22.6. The number of halogens is 1. The van der Waals surface area contributed by atoms with Gasteiger partial charge in [0, 0.05) is 37.3 Å². The number of aryl methyl sites for hydroxylation is 1. The molecule has 162 valence electrons. The lowest BCUT2D eigenvalue weighted by Crippen LogP contribution is -2.44. The van der Waals surface area contributed by atoms with Crippen molar-refractivity contribution in [3.8, 4) is 0 Å². The standard InChI is InChI=1S/C22H31N7.HI/c1-16-27-28-21(29(16)2)15-24-22(26-18-9-4-3-5-10-18)23-13-12-19-14-17-8-6-7-11-20(17)25-19;/h6-8,11,14,18,25H,3-5,9-10,12-13,15H2,1-2H3,(H2,23,24,26);1H. The number of H-pyrrole nitrogens is 1. The highest BCUT2D eigenvalue weighted by Crippen LogP contribution is 2.17. The van der Waals surface area contributed by atoms with E-state index in [1.165, 1.54) is 48.7 Å². The fourth-order valence-electron chi connectivity index (χ4n) is 3.92. The summed E-state index contributed by atoms with van der Waals surface area (Å²) in [5, 5.41) is 16.8. The quantitative estimate of drug-likeness (QED) is 0.262. The van der Waals surface area contributed by atoms with Crippen LogP contribution in [0.25, 0.3) is 10.9 Å². The number of fused-ring (bicyclic) bond motifs is 1. The number of benzene rings is 1. The molecular formula is C22H32IN7. The molecule has 1 fully saturated rings. The van der Waals surface area contributed by atoms with Crippen LogP contribution in [0.3, 0.4) is 0 Å². The van der Waals surface area contributed by atoms with Gasteiger partial charge < -0.3 is 20.2 Å². The number of nitrogens with zero attached hydrogens (tertiary/aromatic N) is 4. The number of aromatic nitrogens is 4. The fourth-order valence-corrected chi connectivity index (χ4v) is 3.92. The van der Waals surface area contributed by atoms with Crippen LogP contribution in [0, 0.1) is 6.92 Å². The van der Waals surface area contributed by atoms with Gasteiger partial charge in [-0.05, 0) is 37.3 Å². The number of aliphatic imine (C=N–C) groups is 1.